The molecule has 2 unspecified atom stereocenters. The Balaban J connectivity index is 3.70. The van der Waals surface area contributed by atoms with Crippen LogP contribution in [-0.2, 0) is 32.7 Å². The first-order valence-corrected chi connectivity index (χ1v) is 33.3. The Morgan fingerprint density at radius 3 is 1.15 bits per heavy atom. The number of carbonyl (C=O) groups is 2. The van der Waals surface area contributed by atoms with Crippen LogP contribution in [0.4, 0.5) is 0 Å². The minimum Gasteiger partial charge on any atom is -0.462 e. The Labute approximate surface area is 463 Å². The molecule has 0 heterocycles. The topological polar surface area (TPSA) is 134 Å². The highest BCUT2D eigenvalue weighted by Crippen LogP contribution is 2.43. The lowest BCUT2D eigenvalue weighted by atomic mass is 10.0. The van der Waals surface area contributed by atoms with Gasteiger partial charge in [0.15, 0.2) is 6.10 Å². The minimum atomic E-state index is -4.40. The van der Waals surface area contributed by atoms with Crippen molar-refractivity contribution in [3.63, 3.8) is 0 Å². The molecule has 10 heteroatoms. The molecule has 2 atom stereocenters. The predicted molar refractivity (Wildman–Crippen MR) is 321 cm³/mol. The second-order valence-corrected chi connectivity index (χ2v) is 22.7. The Bertz CT molecular complexity index is 1410. The Hall–Kier alpha value is -2.29. The zero-order chi connectivity index (χ0) is 54.5. The predicted octanol–water partition coefficient (Wildman–Crippen LogP) is 20.3. The van der Waals surface area contributed by atoms with Crippen molar-refractivity contribution in [3.8, 4) is 0 Å². The molecule has 0 aliphatic rings. The Morgan fingerprint density at radius 2 is 0.760 bits per heavy atom. The van der Waals surface area contributed by atoms with Gasteiger partial charge in [0.25, 0.3) is 0 Å². The van der Waals surface area contributed by atoms with Crippen LogP contribution in [0.5, 0.6) is 0 Å². The van der Waals surface area contributed by atoms with E-state index in [1.54, 1.807) is 0 Å². The summed E-state index contributed by atoms with van der Waals surface area (Å²) in [5, 5.41) is 0. The van der Waals surface area contributed by atoms with E-state index in [0.717, 1.165) is 44.9 Å². The number of hydrogen-bond donors (Lipinski definition) is 2. The molecule has 0 rings (SSSR count). The summed E-state index contributed by atoms with van der Waals surface area (Å²) in [5.74, 6) is -0.914. The van der Waals surface area contributed by atoms with Crippen molar-refractivity contribution < 1.29 is 37.6 Å². The smallest absolute Gasteiger partial charge is 0.462 e. The van der Waals surface area contributed by atoms with E-state index in [4.69, 9.17) is 24.3 Å². The van der Waals surface area contributed by atoms with Crippen LogP contribution < -0.4 is 5.73 Å². The lowest BCUT2D eigenvalue weighted by Crippen LogP contribution is -2.29. The molecule has 0 aromatic carbocycles. The van der Waals surface area contributed by atoms with Crippen molar-refractivity contribution in [2.75, 3.05) is 26.4 Å². The zero-order valence-electron chi connectivity index (χ0n) is 49.0. The fourth-order valence-electron chi connectivity index (χ4n) is 9.24. The molecule has 438 valence electrons. The van der Waals surface area contributed by atoms with Crippen LogP contribution in [0.2, 0.25) is 0 Å². The largest absolute Gasteiger partial charge is 0.472 e. The van der Waals surface area contributed by atoms with Crippen molar-refractivity contribution >= 4 is 19.8 Å². The van der Waals surface area contributed by atoms with Gasteiger partial charge in [0.05, 0.1) is 13.2 Å². The normalized spacial score (nSPS) is 13.4. The summed E-state index contributed by atoms with van der Waals surface area (Å²) in [6.45, 7) is 3.56. The maximum Gasteiger partial charge on any atom is 0.472 e. The molecule has 0 saturated heterocycles. The number of phosphoric ester groups is 1. The summed E-state index contributed by atoms with van der Waals surface area (Å²) < 4.78 is 32.8. The standard InChI is InChI=1S/C65H120NO8P/c1-3-5-7-9-11-13-15-17-18-19-20-21-22-23-24-25-26-27-28-29-30-31-32-33-34-35-36-37-38-39-40-41-42-43-44-46-47-49-51-53-55-57-64(67)71-61-63(62-73-75(69,70)72-60-59-66)74-65(68)58-56-54-52-50-48-45-16-14-12-10-8-6-4-2/h6,8,12,14,19-20,45,48,52,54,63H,3-5,7,9-11,13,15-18,21-44,46-47,49-51,53,55-62,66H2,1-2H3,(H,69,70)/b8-6-,14-12-,20-19-,48-45-,54-52-. The van der Waals surface area contributed by atoms with Crippen molar-refractivity contribution in [2.45, 2.75) is 315 Å². The average molecular weight is 1070 g/mol. The maximum absolute atomic E-state index is 12.6. The summed E-state index contributed by atoms with van der Waals surface area (Å²) in [4.78, 5) is 35.0. The van der Waals surface area contributed by atoms with E-state index < -0.39 is 32.5 Å². The lowest BCUT2D eigenvalue weighted by molar-refractivity contribution is -0.161. The summed E-state index contributed by atoms with van der Waals surface area (Å²) in [7, 11) is -4.40. The number of rotatable bonds is 60. The van der Waals surface area contributed by atoms with Gasteiger partial charge >= 0.3 is 19.8 Å². The summed E-state index contributed by atoms with van der Waals surface area (Å²) in [6.07, 6.45) is 78.0. The van der Waals surface area contributed by atoms with E-state index >= 15 is 0 Å². The monoisotopic (exact) mass is 1070 g/mol. The molecule has 0 spiro atoms. The van der Waals surface area contributed by atoms with Crippen LogP contribution in [0.1, 0.15) is 309 Å². The summed E-state index contributed by atoms with van der Waals surface area (Å²) in [5.41, 5.74) is 5.36. The van der Waals surface area contributed by atoms with Crippen LogP contribution in [0.25, 0.3) is 0 Å². The van der Waals surface area contributed by atoms with E-state index in [1.165, 1.54) is 231 Å². The molecule has 0 aliphatic carbocycles. The number of carbonyl (C=O) groups excluding carboxylic acids is 2. The molecule has 0 saturated carbocycles. The van der Waals surface area contributed by atoms with Gasteiger partial charge in [-0.05, 0) is 64.2 Å². The number of hydrogen-bond acceptors (Lipinski definition) is 8. The Kier molecular flexibility index (Phi) is 59.1. The third-order valence-corrected chi connectivity index (χ3v) is 14.9. The molecule has 0 fully saturated rings. The van der Waals surface area contributed by atoms with Gasteiger partial charge in [-0.1, -0.05) is 293 Å². The molecule has 0 amide bonds. The molecule has 3 N–H and O–H groups in total. The highest BCUT2D eigenvalue weighted by Gasteiger charge is 2.26. The van der Waals surface area contributed by atoms with Crippen LogP contribution in [-0.4, -0.2) is 49.3 Å². The van der Waals surface area contributed by atoms with E-state index in [0.29, 0.717) is 6.42 Å². The van der Waals surface area contributed by atoms with E-state index in [2.05, 4.69) is 62.5 Å². The number of phosphoric acid groups is 1. The van der Waals surface area contributed by atoms with Crippen LogP contribution in [0.15, 0.2) is 60.8 Å². The van der Waals surface area contributed by atoms with Crippen molar-refractivity contribution in [1.82, 2.24) is 0 Å². The molecular formula is C65H120NO8P. The first kappa shape index (κ1) is 72.7. The lowest BCUT2D eigenvalue weighted by Gasteiger charge is -2.19. The van der Waals surface area contributed by atoms with E-state index in [9.17, 15) is 19.0 Å². The maximum atomic E-state index is 12.6. The van der Waals surface area contributed by atoms with E-state index in [-0.39, 0.29) is 32.6 Å². The molecule has 0 aliphatic heterocycles. The van der Waals surface area contributed by atoms with Gasteiger partial charge in [0.2, 0.25) is 0 Å². The zero-order valence-corrected chi connectivity index (χ0v) is 49.9. The van der Waals surface area contributed by atoms with Gasteiger partial charge in [-0.2, -0.15) is 0 Å². The minimum absolute atomic E-state index is 0.0422. The third-order valence-electron chi connectivity index (χ3n) is 13.9. The van der Waals surface area contributed by atoms with Crippen LogP contribution in [0.3, 0.4) is 0 Å². The van der Waals surface area contributed by atoms with Gasteiger partial charge in [-0.15, -0.1) is 0 Å². The fraction of sp³-hybridized carbons (Fsp3) is 0.815. The summed E-state index contributed by atoms with van der Waals surface area (Å²) in [6, 6.07) is 0. The van der Waals surface area contributed by atoms with Gasteiger partial charge in [0, 0.05) is 19.4 Å². The Morgan fingerprint density at radius 1 is 0.413 bits per heavy atom. The highest BCUT2D eigenvalue weighted by molar-refractivity contribution is 7.47. The first-order valence-electron chi connectivity index (χ1n) is 31.8. The highest BCUT2D eigenvalue weighted by atomic mass is 31.2. The molecule has 0 radical (unpaired) electrons. The third kappa shape index (κ3) is 60.8. The van der Waals surface area contributed by atoms with Crippen LogP contribution in [0, 0.1) is 0 Å². The average Bonchev–Trinajstić information content (AvgIpc) is 3.40. The van der Waals surface area contributed by atoms with Crippen LogP contribution >= 0.6 is 7.82 Å². The van der Waals surface area contributed by atoms with Gasteiger partial charge in [-0.3, -0.25) is 18.6 Å². The molecule has 75 heavy (non-hydrogen) atoms. The SMILES string of the molecule is CC/C=C\C/C=C\C/C=C\C/C=C\CCC(=O)OC(COC(=O)CCCCCCCCCCCCCCCCCCCCCCCCCCCCCCC/C=C\CCCCCCCCCC)COP(=O)(O)OCCN. The molecular weight excluding hydrogens is 954 g/mol. The number of unbranched alkanes of at least 4 members (excludes halogenated alkanes) is 37. The fourth-order valence-corrected chi connectivity index (χ4v) is 10.0. The van der Waals surface area contributed by atoms with Crippen molar-refractivity contribution in [2.24, 2.45) is 5.73 Å². The quantitative estimate of drug-likeness (QED) is 0.0264. The van der Waals surface area contributed by atoms with E-state index in [1.807, 2.05) is 12.2 Å². The van der Waals surface area contributed by atoms with Crippen molar-refractivity contribution in [3.05, 3.63) is 60.8 Å². The second-order valence-electron chi connectivity index (χ2n) is 21.2. The second kappa shape index (κ2) is 60.9. The molecule has 9 nitrogen and oxygen atoms in total. The number of ether oxygens (including phenoxy) is 2. The molecule has 0 aromatic heterocycles. The van der Waals surface area contributed by atoms with Gasteiger partial charge < -0.3 is 20.1 Å². The number of esters is 2. The summed E-state index contributed by atoms with van der Waals surface area (Å²) >= 11 is 0. The van der Waals surface area contributed by atoms with Crippen molar-refractivity contribution in [1.29, 1.82) is 0 Å². The van der Waals surface area contributed by atoms with Gasteiger partial charge in [0.1, 0.15) is 6.61 Å². The molecule has 0 bridgehead atoms. The van der Waals surface area contributed by atoms with Gasteiger partial charge in [-0.25, -0.2) is 4.57 Å². The number of allylic oxidation sites excluding steroid dienone is 10. The molecule has 0 aromatic rings. The first-order chi connectivity index (χ1) is 36.8. The number of nitrogens with two attached hydrogens (primary N) is 1.